The van der Waals surface area contributed by atoms with Gasteiger partial charge in [0.15, 0.2) is 5.11 Å². The van der Waals surface area contributed by atoms with Crippen LogP contribution in [0.5, 0.6) is 0 Å². The number of hydrogen-bond acceptors (Lipinski definition) is 2. The van der Waals surface area contributed by atoms with Crippen LogP contribution in [0.4, 0.5) is 0 Å². The van der Waals surface area contributed by atoms with Crippen molar-refractivity contribution >= 4 is 46.5 Å². The lowest BCUT2D eigenvalue weighted by Crippen LogP contribution is -2.18. The van der Waals surface area contributed by atoms with E-state index in [1.54, 1.807) is 0 Å². The first-order chi connectivity index (χ1) is 3.46. The molecule has 0 aromatic carbocycles. The Labute approximate surface area is 64.0 Å². The second-order valence-corrected chi connectivity index (χ2v) is 2.44. The summed E-state index contributed by atoms with van der Waals surface area (Å²) < 4.78 is 0.194. The number of hydrogen-bond donors (Lipinski definition) is 4. The van der Waals surface area contributed by atoms with Crippen molar-refractivity contribution in [1.29, 1.82) is 0 Å². The van der Waals surface area contributed by atoms with Gasteiger partial charge in [-0.2, -0.15) is 0 Å². The molecule has 0 aromatic rings. The highest BCUT2D eigenvalue weighted by Crippen LogP contribution is 1.63. The van der Waals surface area contributed by atoms with Gasteiger partial charge in [0.05, 0.1) is 0 Å². The van der Waals surface area contributed by atoms with Crippen molar-refractivity contribution < 1.29 is 0 Å². The maximum atomic E-state index is 4.71. The molecule has 0 saturated carbocycles. The summed E-state index contributed by atoms with van der Waals surface area (Å²) in [6.07, 6.45) is 0. The maximum absolute atomic E-state index is 4.71. The number of rotatable bonds is 0. The van der Waals surface area contributed by atoms with Crippen LogP contribution in [0.2, 0.25) is 0 Å². The lowest BCUT2D eigenvalue weighted by Gasteiger charge is -1.68. The summed E-state index contributed by atoms with van der Waals surface area (Å²) in [6.45, 7) is 0. The van der Waals surface area contributed by atoms with Gasteiger partial charge in [0.2, 0.25) is 0 Å². The minimum atomic E-state index is 0.000000000000000222. The zero-order valence-electron chi connectivity index (χ0n) is 4.00. The zero-order valence-corrected chi connectivity index (χ0v) is 6.52. The molecule has 6 N–H and O–H groups in total. The largest absolute Gasteiger partial charge is 0.385 e. The Kier molecular flexibility index (Phi) is 9.38. The van der Waals surface area contributed by atoms with Crippen LogP contribution in [0.15, 0.2) is 0 Å². The van der Waals surface area contributed by atoms with E-state index in [1.165, 1.54) is 0 Å². The standard InChI is InChI=1S/CH4N2S.CH3NS2/c2*2-1(3)4/h(H4,2,3,4);(H3,2,3,4). The minimum absolute atomic E-state index is 0.000000000000000222. The Hall–Kier alpha value is -0.0700. The van der Waals surface area contributed by atoms with Crippen molar-refractivity contribution in [2.75, 3.05) is 0 Å². The zero-order chi connectivity index (χ0) is 7.15. The third-order valence-corrected chi connectivity index (χ3v) is 0. The summed E-state index contributed by atoms with van der Waals surface area (Å²) >= 11 is 11.7. The molecule has 6 heteroatoms. The smallest absolute Gasteiger partial charge is 0.160 e. The molecule has 0 rings (SSSR count). The van der Waals surface area contributed by atoms with E-state index in [9.17, 15) is 0 Å². The minimum Gasteiger partial charge on any atom is -0.385 e. The molecule has 0 aliphatic carbocycles. The SMILES string of the molecule is NC(=S)S.NC(N)=S. The second-order valence-electron chi connectivity index (χ2n) is 0.741. The highest BCUT2D eigenvalue weighted by Gasteiger charge is 1.56. The van der Waals surface area contributed by atoms with Crippen molar-refractivity contribution in [2.45, 2.75) is 0 Å². The van der Waals surface area contributed by atoms with Gasteiger partial charge in [-0.25, -0.2) is 0 Å². The fraction of sp³-hybridized carbons (Fsp3) is 0. The Balaban J connectivity index is 0. The molecule has 0 aliphatic rings. The molecule has 0 aliphatic heterocycles. The fourth-order valence-corrected chi connectivity index (χ4v) is 0. The monoisotopic (exact) mass is 169 g/mol. The molecule has 48 valence electrons. The van der Waals surface area contributed by atoms with Crippen LogP contribution >= 0.6 is 37.1 Å². The number of thiocarbonyl (C=S) groups is 2. The summed E-state index contributed by atoms with van der Waals surface area (Å²) in [7, 11) is 0. The third kappa shape index (κ3) is 29400. The van der Waals surface area contributed by atoms with E-state index < -0.39 is 0 Å². The van der Waals surface area contributed by atoms with Gasteiger partial charge in [-0.1, -0.05) is 12.2 Å². The maximum Gasteiger partial charge on any atom is 0.160 e. The summed E-state index contributed by atoms with van der Waals surface area (Å²) in [6, 6.07) is 0. The molecule has 0 spiro atoms. The Morgan fingerprint density at radius 3 is 1.12 bits per heavy atom. The van der Waals surface area contributed by atoms with Gasteiger partial charge in [0.1, 0.15) is 4.32 Å². The van der Waals surface area contributed by atoms with Crippen LogP contribution in [0.25, 0.3) is 0 Å². The molecule has 0 aromatic heterocycles. The van der Waals surface area contributed by atoms with E-state index >= 15 is 0 Å². The van der Waals surface area contributed by atoms with Crippen molar-refractivity contribution in [3.63, 3.8) is 0 Å². The van der Waals surface area contributed by atoms with E-state index in [2.05, 4.69) is 48.5 Å². The lowest BCUT2D eigenvalue weighted by atomic mass is 11.3. The van der Waals surface area contributed by atoms with Gasteiger partial charge in [0.25, 0.3) is 0 Å². The van der Waals surface area contributed by atoms with Crippen LogP contribution in [-0.2, 0) is 0 Å². The Bertz CT molecular complexity index is 70.5. The molecule has 0 heterocycles. The quantitative estimate of drug-likeness (QED) is 0.286. The summed E-state index contributed by atoms with van der Waals surface area (Å²) in [5.74, 6) is 0. The van der Waals surface area contributed by atoms with Crippen LogP contribution < -0.4 is 17.2 Å². The van der Waals surface area contributed by atoms with E-state index in [1.807, 2.05) is 0 Å². The molecule has 0 saturated heterocycles. The predicted molar refractivity (Wildman–Crippen MR) is 46.7 cm³/mol. The number of thiol groups is 1. The highest BCUT2D eigenvalue weighted by atomic mass is 32.1. The molecular weight excluding hydrogens is 162 g/mol. The van der Waals surface area contributed by atoms with E-state index in [4.69, 9.17) is 5.73 Å². The van der Waals surface area contributed by atoms with Gasteiger partial charge in [0, 0.05) is 0 Å². The molecule has 0 fully saturated rings. The second kappa shape index (κ2) is 6.93. The van der Waals surface area contributed by atoms with Crippen molar-refractivity contribution in [3.05, 3.63) is 0 Å². The first-order valence-corrected chi connectivity index (χ1v) is 2.76. The first-order valence-electron chi connectivity index (χ1n) is 1.50. The summed E-state index contributed by atoms with van der Waals surface area (Å²) in [5.41, 5.74) is 13.9. The molecular formula is C2H7N3S3. The van der Waals surface area contributed by atoms with Gasteiger partial charge >= 0.3 is 0 Å². The van der Waals surface area contributed by atoms with Crippen LogP contribution in [0, 0.1) is 0 Å². The molecule has 3 nitrogen and oxygen atoms in total. The molecule has 0 amide bonds. The average molecular weight is 169 g/mol. The van der Waals surface area contributed by atoms with Crippen LogP contribution in [0.3, 0.4) is 0 Å². The Morgan fingerprint density at radius 1 is 1.12 bits per heavy atom. The fourth-order valence-electron chi connectivity index (χ4n) is 0. The summed E-state index contributed by atoms with van der Waals surface area (Å²) in [5, 5.41) is 0.000000000000000222. The van der Waals surface area contributed by atoms with Crippen LogP contribution in [-0.4, -0.2) is 9.43 Å². The van der Waals surface area contributed by atoms with Gasteiger partial charge in [-0.3, -0.25) is 0 Å². The van der Waals surface area contributed by atoms with Gasteiger partial charge in [-0.05, 0) is 12.2 Å². The lowest BCUT2D eigenvalue weighted by molar-refractivity contribution is 1.65. The normalized spacial score (nSPS) is 6.12. The average Bonchev–Trinajstić information content (AvgIpc) is 1.25. The van der Waals surface area contributed by atoms with Gasteiger partial charge in [-0.15, -0.1) is 12.6 Å². The van der Waals surface area contributed by atoms with E-state index in [0.29, 0.717) is 0 Å². The molecule has 0 unspecified atom stereocenters. The van der Waals surface area contributed by atoms with Crippen LogP contribution in [0.1, 0.15) is 0 Å². The topological polar surface area (TPSA) is 78.1 Å². The van der Waals surface area contributed by atoms with Crippen molar-refractivity contribution in [2.24, 2.45) is 17.2 Å². The predicted octanol–water partition coefficient (Wildman–Crippen LogP) is -0.651. The van der Waals surface area contributed by atoms with E-state index in [0.717, 1.165) is 0 Å². The van der Waals surface area contributed by atoms with Crippen molar-refractivity contribution in [1.82, 2.24) is 0 Å². The number of nitrogens with two attached hydrogens (primary N) is 3. The van der Waals surface area contributed by atoms with Gasteiger partial charge < -0.3 is 17.2 Å². The summed E-state index contributed by atoms with van der Waals surface area (Å²) in [4.78, 5) is 0. The molecule has 0 bridgehead atoms. The molecule has 0 radical (unpaired) electrons. The van der Waals surface area contributed by atoms with Crippen molar-refractivity contribution in [3.8, 4) is 0 Å². The highest BCUT2D eigenvalue weighted by molar-refractivity contribution is 8.10. The third-order valence-electron chi connectivity index (χ3n) is 0. The van der Waals surface area contributed by atoms with E-state index in [-0.39, 0.29) is 9.43 Å². The first kappa shape index (κ1) is 10.8. The molecule has 8 heavy (non-hydrogen) atoms. The Morgan fingerprint density at radius 2 is 1.12 bits per heavy atom. The molecule has 0 atom stereocenters.